The Morgan fingerprint density at radius 3 is 2.82 bits per heavy atom. The predicted octanol–water partition coefficient (Wildman–Crippen LogP) is 1.16. The highest BCUT2D eigenvalue weighted by molar-refractivity contribution is 5.96. The molecular formula is C13H15NO3. The monoisotopic (exact) mass is 233 g/mol. The van der Waals surface area contributed by atoms with Gasteiger partial charge in [-0.3, -0.25) is 9.59 Å². The molecule has 17 heavy (non-hydrogen) atoms. The van der Waals surface area contributed by atoms with Crippen molar-refractivity contribution in [3.05, 3.63) is 35.4 Å². The van der Waals surface area contributed by atoms with E-state index in [4.69, 9.17) is 5.11 Å². The molecule has 1 aromatic rings. The van der Waals surface area contributed by atoms with E-state index in [2.05, 4.69) is 17.4 Å². The summed E-state index contributed by atoms with van der Waals surface area (Å²) in [5, 5.41) is 11.4. The Kier molecular flexibility index (Phi) is 3.13. The van der Waals surface area contributed by atoms with Crippen molar-refractivity contribution in [3.8, 4) is 0 Å². The zero-order valence-corrected chi connectivity index (χ0v) is 9.64. The minimum Gasteiger partial charge on any atom is -0.481 e. The van der Waals surface area contributed by atoms with Gasteiger partial charge in [-0.1, -0.05) is 24.3 Å². The van der Waals surface area contributed by atoms with Crippen molar-refractivity contribution in [2.24, 2.45) is 5.92 Å². The van der Waals surface area contributed by atoms with Gasteiger partial charge in [0.25, 0.3) is 0 Å². The fraction of sp³-hybridized carbons (Fsp3) is 0.385. The van der Waals surface area contributed by atoms with Crippen molar-refractivity contribution >= 4 is 11.9 Å². The van der Waals surface area contributed by atoms with Gasteiger partial charge in [0.15, 0.2) is 0 Å². The van der Waals surface area contributed by atoms with Crippen LogP contribution in [-0.2, 0) is 16.0 Å². The van der Waals surface area contributed by atoms with Gasteiger partial charge in [-0.15, -0.1) is 0 Å². The lowest BCUT2D eigenvalue weighted by molar-refractivity contribution is -0.146. The number of carboxylic acids is 1. The van der Waals surface area contributed by atoms with Crippen LogP contribution < -0.4 is 5.32 Å². The summed E-state index contributed by atoms with van der Waals surface area (Å²) in [6.45, 7) is 1.92. The van der Waals surface area contributed by atoms with E-state index in [9.17, 15) is 9.59 Å². The van der Waals surface area contributed by atoms with Gasteiger partial charge in [0, 0.05) is 12.5 Å². The molecule has 0 aromatic heterocycles. The summed E-state index contributed by atoms with van der Waals surface area (Å²) in [6.07, 6.45) is 0.956. The molecule has 1 aliphatic carbocycles. The van der Waals surface area contributed by atoms with Crippen molar-refractivity contribution in [3.63, 3.8) is 0 Å². The lowest BCUT2D eigenvalue weighted by atomic mass is 9.77. The number of amides is 1. The molecule has 0 radical (unpaired) electrons. The first-order valence-corrected chi connectivity index (χ1v) is 5.68. The molecule has 2 atom stereocenters. The molecule has 1 aromatic carbocycles. The number of nitrogens with one attached hydrogen (secondary N) is 1. The number of benzene rings is 1. The average molecular weight is 233 g/mol. The van der Waals surface area contributed by atoms with Crippen LogP contribution in [0.25, 0.3) is 0 Å². The number of hydrogen-bond donors (Lipinski definition) is 2. The first kappa shape index (κ1) is 11.6. The third-order valence-corrected chi connectivity index (χ3v) is 3.25. The van der Waals surface area contributed by atoms with Crippen LogP contribution in [0.3, 0.4) is 0 Å². The molecule has 0 spiro atoms. The van der Waals surface area contributed by atoms with Gasteiger partial charge < -0.3 is 10.4 Å². The molecule has 0 aliphatic heterocycles. The normalized spacial score (nSPS) is 18.8. The molecule has 2 N–H and O–H groups in total. The second-order valence-corrected chi connectivity index (χ2v) is 4.40. The topological polar surface area (TPSA) is 66.4 Å². The van der Waals surface area contributed by atoms with Crippen LogP contribution in [0.15, 0.2) is 24.3 Å². The lowest BCUT2D eigenvalue weighted by Gasteiger charge is -2.30. The Labute approximate surface area is 99.6 Å². The van der Waals surface area contributed by atoms with Gasteiger partial charge in [-0.25, -0.2) is 0 Å². The Hall–Kier alpha value is -1.84. The molecule has 0 saturated carbocycles. The molecule has 2 rings (SSSR count). The standard InChI is InChI=1S/C13H15NO3/c1-8(13(16)17)12(15)14-7-10-6-9-4-2-3-5-11(9)10/h2-5,8,10H,6-7H2,1H3,(H,14,15)(H,16,17). The van der Waals surface area contributed by atoms with Crippen molar-refractivity contribution < 1.29 is 14.7 Å². The maximum Gasteiger partial charge on any atom is 0.315 e. The summed E-state index contributed by atoms with van der Waals surface area (Å²) in [7, 11) is 0. The smallest absolute Gasteiger partial charge is 0.315 e. The quantitative estimate of drug-likeness (QED) is 0.767. The van der Waals surface area contributed by atoms with Crippen LogP contribution in [0.5, 0.6) is 0 Å². The number of fused-ring (bicyclic) bond motifs is 1. The van der Waals surface area contributed by atoms with E-state index in [1.54, 1.807) is 0 Å². The second kappa shape index (κ2) is 4.57. The van der Waals surface area contributed by atoms with Crippen molar-refractivity contribution in [1.29, 1.82) is 0 Å². The number of rotatable bonds is 4. The maximum absolute atomic E-state index is 11.4. The van der Waals surface area contributed by atoms with E-state index >= 15 is 0 Å². The molecule has 1 aliphatic rings. The summed E-state index contributed by atoms with van der Waals surface area (Å²) in [5.74, 6) is -2.15. The summed E-state index contributed by atoms with van der Waals surface area (Å²) in [5.41, 5.74) is 2.58. The number of carboxylic acid groups (broad SMARTS) is 1. The fourth-order valence-corrected chi connectivity index (χ4v) is 2.03. The first-order valence-electron chi connectivity index (χ1n) is 5.68. The van der Waals surface area contributed by atoms with Gasteiger partial charge in [-0.2, -0.15) is 0 Å². The van der Waals surface area contributed by atoms with E-state index < -0.39 is 17.8 Å². The summed E-state index contributed by atoms with van der Waals surface area (Å²) < 4.78 is 0. The Morgan fingerprint density at radius 2 is 2.18 bits per heavy atom. The van der Waals surface area contributed by atoms with Crippen LogP contribution in [0.2, 0.25) is 0 Å². The van der Waals surface area contributed by atoms with Crippen LogP contribution in [0, 0.1) is 5.92 Å². The highest BCUT2D eigenvalue weighted by Gasteiger charge is 2.27. The zero-order valence-electron chi connectivity index (χ0n) is 9.64. The van der Waals surface area contributed by atoms with Gasteiger partial charge in [0.1, 0.15) is 5.92 Å². The Balaban J connectivity index is 1.86. The second-order valence-electron chi connectivity index (χ2n) is 4.40. The summed E-state index contributed by atoms with van der Waals surface area (Å²) >= 11 is 0. The average Bonchev–Trinajstić information content (AvgIpc) is 2.29. The van der Waals surface area contributed by atoms with Gasteiger partial charge in [-0.05, 0) is 24.5 Å². The Bertz CT molecular complexity index is 456. The minimum atomic E-state index is -1.09. The van der Waals surface area contributed by atoms with Crippen molar-refractivity contribution in [2.45, 2.75) is 19.3 Å². The summed E-state index contributed by atoms with van der Waals surface area (Å²) in [4.78, 5) is 22.1. The number of carbonyl (C=O) groups excluding carboxylic acids is 1. The SMILES string of the molecule is CC(C(=O)O)C(=O)NCC1Cc2ccccc21. The highest BCUT2D eigenvalue weighted by atomic mass is 16.4. The minimum absolute atomic E-state index is 0.330. The fourth-order valence-electron chi connectivity index (χ4n) is 2.03. The van der Waals surface area contributed by atoms with Crippen LogP contribution >= 0.6 is 0 Å². The first-order chi connectivity index (χ1) is 8.09. The lowest BCUT2D eigenvalue weighted by Crippen LogP contribution is -2.38. The van der Waals surface area contributed by atoms with Crippen LogP contribution in [-0.4, -0.2) is 23.5 Å². The molecule has 4 heteroatoms. The molecule has 2 unspecified atom stereocenters. The van der Waals surface area contributed by atoms with Crippen molar-refractivity contribution in [1.82, 2.24) is 5.32 Å². The van der Waals surface area contributed by atoms with Crippen LogP contribution in [0.4, 0.5) is 0 Å². The molecular weight excluding hydrogens is 218 g/mol. The number of aliphatic carboxylic acids is 1. The van der Waals surface area contributed by atoms with E-state index in [0.717, 1.165) is 6.42 Å². The van der Waals surface area contributed by atoms with E-state index in [0.29, 0.717) is 12.5 Å². The number of carbonyl (C=O) groups is 2. The van der Waals surface area contributed by atoms with E-state index in [-0.39, 0.29) is 0 Å². The predicted molar refractivity (Wildman–Crippen MR) is 62.7 cm³/mol. The van der Waals surface area contributed by atoms with E-state index in [1.165, 1.54) is 18.1 Å². The molecule has 0 fully saturated rings. The molecule has 4 nitrogen and oxygen atoms in total. The largest absolute Gasteiger partial charge is 0.481 e. The third kappa shape index (κ3) is 2.30. The summed E-state index contributed by atoms with van der Waals surface area (Å²) in [6, 6.07) is 8.11. The molecule has 1 amide bonds. The molecule has 0 heterocycles. The Morgan fingerprint density at radius 1 is 1.47 bits per heavy atom. The third-order valence-electron chi connectivity index (χ3n) is 3.25. The maximum atomic E-state index is 11.4. The van der Waals surface area contributed by atoms with Gasteiger partial charge >= 0.3 is 5.97 Å². The molecule has 0 bridgehead atoms. The zero-order chi connectivity index (χ0) is 12.4. The molecule has 0 saturated heterocycles. The van der Waals surface area contributed by atoms with Gasteiger partial charge in [0.2, 0.25) is 5.91 Å². The highest BCUT2D eigenvalue weighted by Crippen LogP contribution is 2.33. The number of hydrogen-bond acceptors (Lipinski definition) is 2. The molecule has 90 valence electrons. The van der Waals surface area contributed by atoms with E-state index in [1.807, 2.05) is 12.1 Å². The van der Waals surface area contributed by atoms with Crippen molar-refractivity contribution in [2.75, 3.05) is 6.54 Å². The van der Waals surface area contributed by atoms with Gasteiger partial charge in [0.05, 0.1) is 0 Å². The van der Waals surface area contributed by atoms with Crippen LogP contribution in [0.1, 0.15) is 24.0 Å².